The van der Waals surface area contributed by atoms with Crippen LogP contribution in [0.4, 0.5) is 0 Å². The fourth-order valence-electron chi connectivity index (χ4n) is 16.2. The predicted molar refractivity (Wildman–Crippen MR) is 269 cm³/mol. The molecule has 450 valence electrons. The Kier molecular flexibility index (Phi) is 17.8. The minimum absolute atomic E-state index is 0.0849. The summed E-state index contributed by atoms with van der Waals surface area (Å²) >= 11 is 0. The number of carbonyl (C=O) groups is 3. The van der Waals surface area contributed by atoms with Crippen molar-refractivity contribution in [1.82, 2.24) is 0 Å². The molecule has 0 spiro atoms. The molecular weight excluding hydrogens is 1040 g/mol. The van der Waals surface area contributed by atoms with Crippen LogP contribution in [0.15, 0.2) is 23.3 Å². The summed E-state index contributed by atoms with van der Waals surface area (Å²) in [5.74, 6) is -3.88. The van der Waals surface area contributed by atoms with Gasteiger partial charge in [-0.1, -0.05) is 59.3 Å². The van der Waals surface area contributed by atoms with Gasteiger partial charge in [-0.15, -0.1) is 0 Å². The van der Waals surface area contributed by atoms with Crippen LogP contribution >= 0.6 is 0 Å². The highest BCUT2D eigenvalue weighted by Gasteiger charge is 2.74. The topological polar surface area (TPSA) is 388 Å². The molecule has 79 heavy (non-hydrogen) atoms. The van der Waals surface area contributed by atoms with E-state index in [-0.39, 0.29) is 24.7 Å². The molecule has 0 aromatic carbocycles. The molecule has 0 aromatic rings. The van der Waals surface area contributed by atoms with Gasteiger partial charge in [0.05, 0.1) is 44.1 Å². The van der Waals surface area contributed by atoms with E-state index in [1.807, 2.05) is 20.8 Å². The average molecular weight is 1130 g/mol. The fraction of sp³-hybridized carbons (Fsp3) is 0.873. The predicted octanol–water partition coefficient (Wildman–Crippen LogP) is -1.32. The number of aliphatic hydroxyl groups is 12. The van der Waals surface area contributed by atoms with E-state index in [1.165, 1.54) is 6.92 Å². The molecule has 7 fully saturated rings. The average Bonchev–Trinajstić information content (AvgIpc) is 3.25. The largest absolute Gasteiger partial charge is 0.479 e. The van der Waals surface area contributed by atoms with Crippen LogP contribution < -0.4 is 0 Å². The second-order valence-corrected chi connectivity index (χ2v) is 25.5. The van der Waals surface area contributed by atoms with Crippen LogP contribution in [0.1, 0.15) is 107 Å². The van der Waals surface area contributed by atoms with E-state index in [0.717, 1.165) is 5.57 Å². The van der Waals surface area contributed by atoms with Crippen molar-refractivity contribution in [3.8, 4) is 0 Å². The van der Waals surface area contributed by atoms with Gasteiger partial charge in [0, 0.05) is 23.3 Å². The molecule has 3 aliphatic heterocycles. The van der Waals surface area contributed by atoms with Crippen molar-refractivity contribution in [3.63, 3.8) is 0 Å². The SMILES string of the molecule is C/C=C(/C)C(=O)O[C@@H]1[C@@H](OC(C)=O)[C@]2(CO)[C@H](CC1(C)C)C1=CC[C@H]3[C@]4(C)CC[C@@H](O[C@H]5O[C@@H](C(=O)O)[C@H](O[C@H]6O[C@@H](CO)[C@H](O)[C@@H](O)[C@@H]6O)[C@@H](O)[C@@H]5O[C@H]5O[C@@H](CO)[C@H](O)[C@@H](O)[C@@H]5O)[C@](C)(CO)[C@H]4CC[C@]3(C)[C@@]1(C)C[C@@H]2O. The Balaban J connectivity index is 1.12. The van der Waals surface area contributed by atoms with E-state index in [0.29, 0.717) is 37.7 Å². The van der Waals surface area contributed by atoms with Crippen LogP contribution in [-0.4, -0.2) is 227 Å². The lowest BCUT2D eigenvalue weighted by molar-refractivity contribution is -0.392. The molecule has 3 heterocycles. The zero-order chi connectivity index (χ0) is 58.4. The summed E-state index contributed by atoms with van der Waals surface area (Å²) in [4.78, 5) is 39.5. The third kappa shape index (κ3) is 9.94. The Morgan fingerprint density at radius 1 is 0.658 bits per heavy atom. The van der Waals surface area contributed by atoms with Crippen LogP contribution in [0.3, 0.4) is 0 Å². The van der Waals surface area contributed by atoms with Crippen LogP contribution in [0.2, 0.25) is 0 Å². The number of carboxylic acid groups (broad SMARTS) is 1. The lowest BCUT2D eigenvalue weighted by atomic mass is 9.33. The number of hydrogen-bond acceptors (Lipinski definition) is 23. The van der Waals surface area contributed by atoms with Crippen molar-refractivity contribution in [2.45, 2.75) is 224 Å². The van der Waals surface area contributed by atoms with Crippen molar-refractivity contribution >= 4 is 17.9 Å². The minimum Gasteiger partial charge on any atom is -0.479 e. The van der Waals surface area contributed by atoms with Crippen molar-refractivity contribution in [1.29, 1.82) is 0 Å². The molecule has 24 heteroatoms. The normalized spacial score (nSPS) is 50.6. The van der Waals surface area contributed by atoms with E-state index in [9.17, 15) is 80.8 Å². The van der Waals surface area contributed by atoms with Gasteiger partial charge in [-0.05, 0) is 92.8 Å². The maximum absolute atomic E-state index is 13.4. The minimum atomic E-state index is -2.18. The molecule has 0 amide bonds. The quantitative estimate of drug-likeness (QED) is 0.0415. The third-order valence-electron chi connectivity index (χ3n) is 21.1. The molecule has 0 aromatic heterocycles. The summed E-state index contributed by atoms with van der Waals surface area (Å²) in [7, 11) is 0. The van der Waals surface area contributed by atoms with Crippen molar-refractivity contribution < 1.29 is 119 Å². The summed E-state index contributed by atoms with van der Waals surface area (Å²) in [5.41, 5.74) is -3.78. The van der Waals surface area contributed by atoms with Crippen molar-refractivity contribution in [2.24, 2.45) is 50.2 Å². The number of esters is 2. The van der Waals surface area contributed by atoms with Crippen LogP contribution in [0, 0.1) is 50.2 Å². The molecule has 4 saturated carbocycles. The lowest BCUT2D eigenvalue weighted by Gasteiger charge is -2.72. The Hall–Kier alpha value is -2.83. The second kappa shape index (κ2) is 22.6. The Morgan fingerprint density at radius 2 is 1.24 bits per heavy atom. The smallest absolute Gasteiger partial charge is 0.335 e. The maximum Gasteiger partial charge on any atom is 0.335 e. The van der Waals surface area contributed by atoms with Gasteiger partial charge in [0.2, 0.25) is 0 Å². The first-order valence-electron chi connectivity index (χ1n) is 27.7. The van der Waals surface area contributed by atoms with Crippen molar-refractivity contribution in [2.75, 3.05) is 26.4 Å². The van der Waals surface area contributed by atoms with Gasteiger partial charge in [-0.25, -0.2) is 9.59 Å². The molecule has 0 bridgehead atoms. The fourth-order valence-corrected chi connectivity index (χ4v) is 16.2. The molecule has 27 atom stereocenters. The Morgan fingerprint density at radius 3 is 1.76 bits per heavy atom. The first-order chi connectivity index (χ1) is 36.9. The lowest BCUT2D eigenvalue weighted by Crippen LogP contribution is -2.72. The van der Waals surface area contributed by atoms with Gasteiger partial charge in [0.25, 0.3) is 0 Å². The monoisotopic (exact) mass is 1130 g/mol. The maximum atomic E-state index is 13.4. The van der Waals surface area contributed by atoms with E-state index >= 15 is 0 Å². The number of allylic oxidation sites excluding steroid dienone is 3. The molecule has 8 rings (SSSR count). The van der Waals surface area contributed by atoms with Gasteiger partial charge in [0.1, 0.15) is 79.4 Å². The number of aliphatic carboxylic acids is 1. The number of ether oxygens (including phenoxy) is 8. The third-order valence-corrected chi connectivity index (χ3v) is 21.1. The van der Waals surface area contributed by atoms with Gasteiger partial charge in [-0.3, -0.25) is 4.79 Å². The summed E-state index contributed by atoms with van der Waals surface area (Å²) in [6, 6.07) is 0. The summed E-state index contributed by atoms with van der Waals surface area (Å²) in [6.07, 6.45) is -26.5. The standard InChI is InChI=1S/C55H86O24/c1-10-23(2)46(71)79-43-44(72-24(3)60)55(22-59)26(17-50(43,4)5)25-11-12-30-51(6)15-14-32(52(7,21-58)29(51)13-16-53(30,8)54(25,9)18-31(55)61)75-49-41(77-48-38(67)36(65)34(63)28(20-57)74-48)39(68)40(42(78-49)45(69)70)76-47-37(66)35(64)33(62)27(19-56)73-47/h10-11,26-44,47-49,56-59,61-68H,12-22H2,1-9H3,(H,69,70)/b23-10-/t26-,27+,28+,29+,30+,31+,32-,33+,34+,35-,36-,37+,38+,39-,40-,41+,42-,43-,44-,47-,48-,49+,51-,52-,53+,54+,55-/m1/s1. The number of rotatable bonds is 14. The van der Waals surface area contributed by atoms with E-state index in [4.69, 9.17) is 37.9 Å². The van der Waals surface area contributed by atoms with Gasteiger partial charge in [-0.2, -0.15) is 0 Å². The summed E-state index contributed by atoms with van der Waals surface area (Å²) < 4.78 is 48.2. The van der Waals surface area contributed by atoms with Crippen LogP contribution in [0.5, 0.6) is 0 Å². The number of carboxylic acids is 1. The van der Waals surface area contributed by atoms with Crippen LogP contribution in [0.25, 0.3) is 0 Å². The van der Waals surface area contributed by atoms with E-state index in [2.05, 4.69) is 26.8 Å². The number of hydrogen-bond donors (Lipinski definition) is 13. The van der Waals surface area contributed by atoms with E-state index < -0.39 is 199 Å². The molecule has 24 nitrogen and oxygen atoms in total. The first-order valence-corrected chi connectivity index (χ1v) is 27.7. The first kappa shape index (κ1) is 62.2. The molecule has 13 N–H and O–H groups in total. The van der Waals surface area contributed by atoms with Gasteiger partial charge in [0.15, 0.2) is 25.0 Å². The molecule has 0 radical (unpaired) electrons. The van der Waals surface area contributed by atoms with Gasteiger partial charge >= 0.3 is 17.9 Å². The zero-order valence-corrected chi connectivity index (χ0v) is 46.4. The van der Waals surface area contributed by atoms with Crippen molar-refractivity contribution in [3.05, 3.63) is 23.3 Å². The highest BCUT2D eigenvalue weighted by Crippen LogP contribution is 2.76. The van der Waals surface area contributed by atoms with Gasteiger partial charge < -0.3 is 104 Å². The highest BCUT2D eigenvalue weighted by molar-refractivity contribution is 5.87. The molecule has 8 aliphatic rings. The van der Waals surface area contributed by atoms with Crippen LogP contribution in [-0.2, 0) is 52.3 Å². The zero-order valence-electron chi connectivity index (χ0n) is 46.4. The number of carbonyl (C=O) groups excluding carboxylic acids is 2. The highest BCUT2D eigenvalue weighted by atomic mass is 16.8. The molecular formula is C55H86O24. The molecule has 0 unspecified atom stereocenters. The summed E-state index contributed by atoms with van der Waals surface area (Å²) in [5, 5.41) is 143. The molecule has 5 aliphatic carbocycles. The summed E-state index contributed by atoms with van der Waals surface area (Å²) in [6.45, 7) is 14.1. The Bertz CT molecular complexity index is 2290. The number of aliphatic hydroxyl groups excluding tert-OH is 12. The van der Waals surface area contributed by atoms with E-state index in [1.54, 1.807) is 19.9 Å². The second-order valence-electron chi connectivity index (χ2n) is 25.5. The Labute approximate surface area is 459 Å². The number of fused-ring (bicyclic) bond motifs is 7. The molecule has 3 saturated heterocycles.